The fraction of sp³-hybridized carbons (Fsp3) is 0.222. The van der Waals surface area contributed by atoms with Crippen LogP contribution in [0.15, 0.2) is 53.4 Å². The molecule has 0 saturated heterocycles. The van der Waals surface area contributed by atoms with Crippen molar-refractivity contribution in [1.82, 2.24) is 0 Å². The quantitative estimate of drug-likeness (QED) is 0.493. The van der Waals surface area contributed by atoms with Gasteiger partial charge in [-0.05, 0) is 36.0 Å². The SMILES string of the molecule is CC(C)(C)C(=O)Sc1ccccc1NC(=O)c1ccc([N+](=O)[O-])cc1. The molecule has 6 nitrogen and oxygen atoms in total. The minimum Gasteiger partial charge on any atom is -0.321 e. The number of hydrogen-bond donors (Lipinski definition) is 1. The molecule has 0 aliphatic rings. The Kier molecular flexibility index (Phi) is 5.58. The van der Waals surface area contributed by atoms with Crippen LogP contribution in [0.4, 0.5) is 11.4 Å². The van der Waals surface area contributed by atoms with Gasteiger partial charge in [0.05, 0.1) is 10.6 Å². The van der Waals surface area contributed by atoms with Crippen molar-refractivity contribution in [2.24, 2.45) is 5.41 Å². The normalized spacial score (nSPS) is 11.0. The molecule has 0 saturated carbocycles. The van der Waals surface area contributed by atoms with E-state index in [2.05, 4.69) is 5.32 Å². The number of amides is 1. The van der Waals surface area contributed by atoms with Crippen LogP contribution < -0.4 is 5.32 Å². The van der Waals surface area contributed by atoms with Gasteiger partial charge in [0.2, 0.25) is 0 Å². The van der Waals surface area contributed by atoms with Crippen LogP contribution in [0.2, 0.25) is 0 Å². The molecule has 2 aromatic rings. The van der Waals surface area contributed by atoms with Crippen molar-refractivity contribution in [3.8, 4) is 0 Å². The summed E-state index contributed by atoms with van der Waals surface area (Å²) in [6.45, 7) is 5.50. The number of carbonyl (C=O) groups excluding carboxylic acids is 2. The zero-order chi connectivity index (χ0) is 18.6. The number of nitro groups is 1. The zero-order valence-corrected chi connectivity index (χ0v) is 14.9. The Hall–Kier alpha value is -2.67. The molecule has 0 bridgehead atoms. The molecule has 0 heterocycles. The average Bonchev–Trinajstić information content (AvgIpc) is 2.55. The summed E-state index contributed by atoms with van der Waals surface area (Å²) in [6.07, 6.45) is 0. The van der Waals surface area contributed by atoms with Crippen LogP contribution in [-0.4, -0.2) is 15.9 Å². The van der Waals surface area contributed by atoms with Crippen molar-refractivity contribution in [1.29, 1.82) is 0 Å². The highest BCUT2D eigenvalue weighted by Crippen LogP contribution is 2.33. The maximum absolute atomic E-state index is 12.4. The number of nitrogens with one attached hydrogen (secondary N) is 1. The first-order chi connectivity index (χ1) is 11.7. The van der Waals surface area contributed by atoms with Crippen LogP contribution >= 0.6 is 11.8 Å². The first kappa shape index (κ1) is 18.7. The van der Waals surface area contributed by atoms with E-state index in [1.807, 2.05) is 20.8 Å². The highest BCUT2D eigenvalue weighted by Gasteiger charge is 2.23. The van der Waals surface area contributed by atoms with E-state index in [-0.39, 0.29) is 10.8 Å². The van der Waals surface area contributed by atoms with Gasteiger partial charge in [0, 0.05) is 28.0 Å². The van der Waals surface area contributed by atoms with E-state index in [4.69, 9.17) is 0 Å². The summed E-state index contributed by atoms with van der Waals surface area (Å²) in [5, 5.41) is 13.4. The summed E-state index contributed by atoms with van der Waals surface area (Å²) >= 11 is 1.08. The molecule has 0 unspecified atom stereocenters. The van der Waals surface area contributed by atoms with Crippen molar-refractivity contribution in [3.63, 3.8) is 0 Å². The number of para-hydroxylation sites is 1. The average molecular weight is 358 g/mol. The Morgan fingerprint density at radius 2 is 1.64 bits per heavy atom. The molecule has 1 N–H and O–H groups in total. The van der Waals surface area contributed by atoms with Gasteiger partial charge in [-0.2, -0.15) is 0 Å². The Morgan fingerprint density at radius 1 is 1.04 bits per heavy atom. The highest BCUT2D eigenvalue weighted by molar-refractivity contribution is 8.13. The number of nitro benzene ring substituents is 1. The molecule has 2 aromatic carbocycles. The van der Waals surface area contributed by atoms with Crippen LogP contribution in [0.1, 0.15) is 31.1 Å². The molecule has 0 atom stereocenters. The minimum absolute atomic E-state index is 0.00969. The van der Waals surface area contributed by atoms with E-state index in [0.717, 1.165) is 11.8 Å². The molecule has 7 heteroatoms. The summed E-state index contributed by atoms with van der Waals surface area (Å²) in [5.41, 5.74) is 0.240. The molecular formula is C18H18N2O4S. The predicted molar refractivity (Wildman–Crippen MR) is 97.8 cm³/mol. The Balaban J connectivity index is 2.18. The van der Waals surface area contributed by atoms with Gasteiger partial charge in [-0.25, -0.2) is 0 Å². The lowest BCUT2D eigenvalue weighted by Gasteiger charge is -2.17. The smallest absolute Gasteiger partial charge is 0.269 e. The van der Waals surface area contributed by atoms with Gasteiger partial charge < -0.3 is 5.32 Å². The van der Waals surface area contributed by atoms with Crippen molar-refractivity contribution in [2.45, 2.75) is 25.7 Å². The maximum atomic E-state index is 12.4. The zero-order valence-electron chi connectivity index (χ0n) is 14.1. The van der Waals surface area contributed by atoms with Crippen LogP contribution in [-0.2, 0) is 4.79 Å². The molecule has 2 rings (SSSR count). The molecule has 0 fully saturated rings. The van der Waals surface area contributed by atoms with Gasteiger partial charge in [-0.15, -0.1) is 0 Å². The first-order valence-corrected chi connectivity index (χ1v) is 8.37. The predicted octanol–water partition coefficient (Wildman–Crippen LogP) is 4.51. The summed E-state index contributed by atoms with van der Waals surface area (Å²) in [7, 11) is 0. The van der Waals surface area contributed by atoms with E-state index in [1.54, 1.807) is 24.3 Å². The number of anilines is 1. The van der Waals surface area contributed by atoms with Crippen LogP contribution in [0.5, 0.6) is 0 Å². The second kappa shape index (κ2) is 7.48. The molecule has 0 aromatic heterocycles. The summed E-state index contributed by atoms with van der Waals surface area (Å²) < 4.78 is 0. The van der Waals surface area contributed by atoms with Gasteiger partial charge in [-0.3, -0.25) is 19.7 Å². The second-order valence-electron chi connectivity index (χ2n) is 6.39. The van der Waals surface area contributed by atoms with Gasteiger partial charge in [-0.1, -0.05) is 32.9 Å². The van der Waals surface area contributed by atoms with Crippen molar-refractivity contribution < 1.29 is 14.5 Å². The topological polar surface area (TPSA) is 89.3 Å². The summed E-state index contributed by atoms with van der Waals surface area (Å²) in [6, 6.07) is 12.4. The van der Waals surface area contributed by atoms with Gasteiger partial charge in [0.1, 0.15) is 0 Å². The number of carbonyl (C=O) groups is 2. The fourth-order valence-corrected chi connectivity index (χ4v) is 2.72. The molecule has 0 radical (unpaired) electrons. The summed E-state index contributed by atoms with van der Waals surface area (Å²) in [5.74, 6) is -0.397. The number of nitrogens with zero attached hydrogens (tertiary/aromatic N) is 1. The second-order valence-corrected chi connectivity index (χ2v) is 7.41. The van der Waals surface area contributed by atoms with E-state index in [0.29, 0.717) is 16.1 Å². The standard InChI is InChI=1S/C18H18N2O4S/c1-18(2,3)17(22)25-15-7-5-4-6-14(15)19-16(21)12-8-10-13(11-9-12)20(23)24/h4-11H,1-3H3,(H,19,21). The molecule has 130 valence electrons. The molecule has 0 aliphatic carbocycles. The van der Waals surface area contributed by atoms with E-state index < -0.39 is 16.2 Å². The maximum Gasteiger partial charge on any atom is 0.269 e. The number of rotatable bonds is 4. The third-order valence-electron chi connectivity index (χ3n) is 3.29. The molecule has 25 heavy (non-hydrogen) atoms. The minimum atomic E-state index is -0.522. The van der Waals surface area contributed by atoms with Crippen LogP contribution in [0.25, 0.3) is 0 Å². The summed E-state index contributed by atoms with van der Waals surface area (Å²) in [4.78, 5) is 35.4. The highest BCUT2D eigenvalue weighted by atomic mass is 32.2. The Labute approximate surface area is 149 Å². The lowest BCUT2D eigenvalue weighted by Crippen LogP contribution is -2.17. The number of non-ortho nitro benzene ring substituents is 1. The van der Waals surface area contributed by atoms with Crippen LogP contribution in [0.3, 0.4) is 0 Å². The number of thioether (sulfide) groups is 1. The molecular weight excluding hydrogens is 340 g/mol. The van der Waals surface area contributed by atoms with Gasteiger partial charge in [0.25, 0.3) is 11.6 Å². The molecule has 0 aliphatic heterocycles. The number of hydrogen-bond acceptors (Lipinski definition) is 5. The van der Waals surface area contributed by atoms with Crippen LogP contribution in [0, 0.1) is 15.5 Å². The van der Waals surface area contributed by atoms with Crippen molar-refractivity contribution in [2.75, 3.05) is 5.32 Å². The van der Waals surface area contributed by atoms with E-state index in [9.17, 15) is 19.7 Å². The van der Waals surface area contributed by atoms with Gasteiger partial charge in [0.15, 0.2) is 5.12 Å². The van der Waals surface area contributed by atoms with Crippen molar-refractivity contribution in [3.05, 3.63) is 64.2 Å². The first-order valence-electron chi connectivity index (χ1n) is 7.55. The lowest BCUT2D eigenvalue weighted by molar-refractivity contribution is -0.384. The third-order valence-corrected chi connectivity index (χ3v) is 4.66. The lowest BCUT2D eigenvalue weighted by atomic mass is 10.00. The third kappa shape index (κ3) is 4.90. The molecule has 1 amide bonds. The largest absolute Gasteiger partial charge is 0.321 e. The van der Waals surface area contributed by atoms with Gasteiger partial charge >= 0.3 is 0 Å². The monoisotopic (exact) mass is 358 g/mol. The Morgan fingerprint density at radius 3 is 2.20 bits per heavy atom. The van der Waals surface area contributed by atoms with E-state index >= 15 is 0 Å². The number of benzene rings is 2. The Bertz CT molecular complexity index is 811. The molecule has 0 spiro atoms. The van der Waals surface area contributed by atoms with Crippen molar-refractivity contribution >= 4 is 34.2 Å². The fourth-order valence-electron chi connectivity index (χ4n) is 1.84. The van der Waals surface area contributed by atoms with E-state index in [1.165, 1.54) is 24.3 Å².